The number of hydrogen-bond donors (Lipinski definition) is 1. The van der Waals surface area contributed by atoms with E-state index in [1.807, 2.05) is 27.8 Å². The molecular weight excluding hydrogens is 426 g/mol. The van der Waals surface area contributed by atoms with E-state index in [0.717, 1.165) is 24.3 Å². The third-order valence-electron chi connectivity index (χ3n) is 6.40. The summed E-state index contributed by atoms with van der Waals surface area (Å²) >= 11 is 0. The summed E-state index contributed by atoms with van der Waals surface area (Å²) < 4.78 is 7.26. The zero-order chi connectivity index (χ0) is 24.1. The van der Waals surface area contributed by atoms with Crippen molar-refractivity contribution in [3.8, 4) is 5.75 Å². The average molecular weight is 462 g/mol. The van der Waals surface area contributed by atoms with Crippen LogP contribution in [0.1, 0.15) is 43.5 Å². The van der Waals surface area contributed by atoms with Crippen molar-refractivity contribution < 1.29 is 9.53 Å². The summed E-state index contributed by atoms with van der Waals surface area (Å²) in [7, 11) is 1.67. The van der Waals surface area contributed by atoms with Gasteiger partial charge in [0.2, 0.25) is 0 Å². The number of nitrogens with one attached hydrogen (secondary N) is 1. The highest BCUT2D eigenvalue weighted by Crippen LogP contribution is 2.31. The Balaban J connectivity index is 1.48. The van der Waals surface area contributed by atoms with Gasteiger partial charge in [0.25, 0.3) is 0 Å². The summed E-state index contributed by atoms with van der Waals surface area (Å²) in [6, 6.07) is 16.8. The van der Waals surface area contributed by atoms with Crippen LogP contribution in [0.15, 0.2) is 67.3 Å². The quantitative estimate of drug-likeness (QED) is 0.513. The fourth-order valence-corrected chi connectivity index (χ4v) is 4.29. The van der Waals surface area contributed by atoms with E-state index in [1.165, 1.54) is 11.1 Å². The molecule has 0 radical (unpaired) electrons. The van der Waals surface area contributed by atoms with Gasteiger partial charge in [0.15, 0.2) is 0 Å². The van der Waals surface area contributed by atoms with E-state index < -0.39 is 0 Å². The molecule has 7 heteroatoms. The van der Waals surface area contributed by atoms with Gasteiger partial charge < -0.3 is 14.2 Å². The number of rotatable bonds is 9. The minimum atomic E-state index is 0.000474. The molecule has 34 heavy (non-hydrogen) atoms. The topological polar surface area (TPSA) is 62.6 Å². The summed E-state index contributed by atoms with van der Waals surface area (Å²) in [5.74, 6) is 0.839. The number of amides is 2. The maximum atomic E-state index is 13.4. The Labute approximate surface area is 202 Å². The van der Waals surface area contributed by atoms with E-state index in [-0.39, 0.29) is 17.5 Å². The first-order valence-corrected chi connectivity index (χ1v) is 11.9. The number of benzene rings is 2. The number of imidazole rings is 1. The fraction of sp³-hybridized carbons (Fsp3) is 0.407. The number of nitrogens with zero attached hydrogens (tertiary/aromatic N) is 4. The highest BCUT2D eigenvalue weighted by atomic mass is 16.5. The van der Waals surface area contributed by atoms with Crippen molar-refractivity contribution in [1.29, 1.82) is 0 Å². The summed E-state index contributed by atoms with van der Waals surface area (Å²) in [5.41, 5.74) is 7.06. The van der Waals surface area contributed by atoms with Crippen molar-refractivity contribution in [2.75, 3.05) is 26.7 Å². The van der Waals surface area contributed by atoms with Crippen molar-refractivity contribution in [3.05, 3.63) is 83.9 Å². The van der Waals surface area contributed by atoms with Crippen LogP contribution in [0.25, 0.3) is 0 Å². The van der Waals surface area contributed by atoms with Gasteiger partial charge in [0, 0.05) is 32.0 Å². The molecule has 180 valence electrons. The molecule has 1 unspecified atom stereocenters. The second-order valence-electron chi connectivity index (χ2n) is 9.78. The fourth-order valence-electron chi connectivity index (χ4n) is 4.29. The van der Waals surface area contributed by atoms with Gasteiger partial charge in [-0.15, -0.1) is 0 Å². The molecule has 1 atom stereocenters. The lowest BCUT2D eigenvalue weighted by Crippen LogP contribution is -2.43. The maximum absolute atomic E-state index is 13.4. The number of hydrogen-bond acceptors (Lipinski definition) is 4. The van der Waals surface area contributed by atoms with E-state index in [9.17, 15) is 4.79 Å². The normalized spacial score (nSPS) is 16.4. The molecule has 3 aromatic rings. The summed E-state index contributed by atoms with van der Waals surface area (Å²) in [5, 5.41) is 1.76. The Morgan fingerprint density at radius 1 is 1.06 bits per heavy atom. The van der Waals surface area contributed by atoms with Gasteiger partial charge in [-0.3, -0.25) is 5.01 Å². The summed E-state index contributed by atoms with van der Waals surface area (Å²) in [6.07, 6.45) is 6.26. The van der Waals surface area contributed by atoms with Gasteiger partial charge in [-0.1, -0.05) is 57.2 Å². The van der Waals surface area contributed by atoms with Crippen LogP contribution in [-0.4, -0.2) is 52.2 Å². The molecule has 1 saturated heterocycles. The van der Waals surface area contributed by atoms with Gasteiger partial charge in [-0.25, -0.2) is 15.2 Å². The van der Waals surface area contributed by atoms with Gasteiger partial charge in [0.1, 0.15) is 5.75 Å². The van der Waals surface area contributed by atoms with Gasteiger partial charge >= 0.3 is 6.03 Å². The molecule has 2 heterocycles. The molecule has 1 N–H and O–H groups in total. The van der Waals surface area contributed by atoms with Crippen molar-refractivity contribution in [2.45, 2.75) is 45.2 Å². The lowest BCUT2D eigenvalue weighted by atomic mass is 9.86. The average Bonchev–Trinajstić information content (AvgIpc) is 3.46. The van der Waals surface area contributed by atoms with Crippen LogP contribution in [0, 0.1) is 0 Å². The first kappa shape index (κ1) is 23.8. The molecule has 2 amide bonds. The minimum Gasteiger partial charge on any atom is -0.497 e. The van der Waals surface area contributed by atoms with Crippen molar-refractivity contribution in [3.63, 3.8) is 0 Å². The highest BCUT2D eigenvalue weighted by Gasteiger charge is 2.38. The molecule has 2 aromatic carbocycles. The third kappa shape index (κ3) is 5.59. The van der Waals surface area contributed by atoms with Crippen LogP contribution in [0.4, 0.5) is 4.79 Å². The maximum Gasteiger partial charge on any atom is 0.335 e. The van der Waals surface area contributed by atoms with Crippen molar-refractivity contribution in [2.24, 2.45) is 0 Å². The van der Waals surface area contributed by atoms with Gasteiger partial charge in [-0.2, -0.15) is 0 Å². The molecule has 1 aromatic heterocycles. The van der Waals surface area contributed by atoms with Crippen LogP contribution < -0.4 is 10.2 Å². The molecule has 1 aliphatic rings. The molecule has 0 saturated carbocycles. The number of urea groups is 1. The summed E-state index contributed by atoms with van der Waals surface area (Å²) in [6.45, 7) is 9.32. The Kier molecular flexibility index (Phi) is 7.22. The van der Waals surface area contributed by atoms with Crippen LogP contribution in [-0.2, 0) is 18.4 Å². The van der Waals surface area contributed by atoms with E-state index in [0.29, 0.717) is 19.6 Å². The lowest BCUT2D eigenvalue weighted by molar-refractivity contribution is 0.171. The smallest absolute Gasteiger partial charge is 0.335 e. The SMILES string of the molecule is COc1ccc(CCN2C(=O)N(NCCn3ccnc3)CC2c2ccc(C(C)(C)C)cc2)cc1. The summed E-state index contributed by atoms with van der Waals surface area (Å²) in [4.78, 5) is 19.4. The number of aromatic nitrogens is 2. The van der Waals surface area contributed by atoms with Crippen LogP contribution in [0.2, 0.25) is 0 Å². The molecule has 0 spiro atoms. The van der Waals surface area contributed by atoms with E-state index >= 15 is 0 Å². The Morgan fingerprint density at radius 2 is 1.79 bits per heavy atom. The highest BCUT2D eigenvalue weighted by molar-refractivity contribution is 5.77. The van der Waals surface area contributed by atoms with Crippen molar-refractivity contribution in [1.82, 2.24) is 24.9 Å². The van der Waals surface area contributed by atoms with Crippen LogP contribution in [0.3, 0.4) is 0 Å². The predicted molar refractivity (Wildman–Crippen MR) is 134 cm³/mol. The zero-order valence-electron chi connectivity index (χ0n) is 20.6. The monoisotopic (exact) mass is 461 g/mol. The molecular formula is C27H35N5O2. The largest absolute Gasteiger partial charge is 0.497 e. The molecule has 1 fully saturated rings. The Morgan fingerprint density at radius 3 is 2.41 bits per heavy atom. The predicted octanol–water partition coefficient (Wildman–Crippen LogP) is 4.42. The minimum absolute atomic E-state index is 0.000474. The second kappa shape index (κ2) is 10.3. The van der Waals surface area contributed by atoms with E-state index in [2.05, 4.69) is 67.6 Å². The first-order valence-electron chi connectivity index (χ1n) is 11.9. The molecule has 1 aliphatic heterocycles. The second-order valence-corrected chi connectivity index (χ2v) is 9.78. The third-order valence-corrected chi connectivity index (χ3v) is 6.40. The number of carbonyl (C=O) groups is 1. The number of ether oxygens (including phenoxy) is 1. The standard InChI is InChI=1S/C27H35N5O2/c1-27(2,3)23-9-7-22(8-10-23)25-19-32(29-15-18-30-17-14-28-20-30)26(33)31(25)16-13-21-5-11-24(34-4)12-6-21/h5-12,14,17,20,25,29H,13,15-16,18-19H2,1-4H3. The van der Waals surface area contributed by atoms with Crippen molar-refractivity contribution >= 4 is 6.03 Å². The Bertz CT molecular complexity index is 1060. The number of hydrazine groups is 1. The zero-order valence-corrected chi connectivity index (χ0v) is 20.6. The van der Waals surface area contributed by atoms with Crippen LogP contribution in [0.5, 0.6) is 5.75 Å². The number of carbonyl (C=O) groups excluding carboxylic acids is 1. The lowest BCUT2D eigenvalue weighted by Gasteiger charge is -2.25. The Hall–Kier alpha value is -3.32. The molecule has 4 rings (SSSR count). The molecule has 0 aliphatic carbocycles. The van der Waals surface area contributed by atoms with E-state index in [1.54, 1.807) is 24.6 Å². The molecule has 7 nitrogen and oxygen atoms in total. The first-order chi connectivity index (χ1) is 16.3. The van der Waals surface area contributed by atoms with Crippen LogP contribution >= 0.6 is 0 Å². The number of methoxy groups -OCH3 is 1. The molecule has 0 bridgehead atoms. The van der Waals surface area contributed by atoms with Gasteiger partial charge in [0.05, 0.1) is 26.0 Å². The van der Waals surface area contributed by atoms with Gasteiger partial charge in [-0.05, 0) is 40.7 Å². The van der Waals surface area contributed by atoms with E-state index in [4.69, 9.17) is 4.74 Å².